The first kappa shape index (κ1) is 23.5. The molecule has 7 rings (SSSR count). The third-order valence-electron chi connectivity index (χ3n) is 8.47. The molecule has 5 aliphatic rings. The Balaban J connectivity index is 1.28. The average Bonchev–Trinajstić information content (AvgIpc) is 2.85. The van der Waals surface area contributed by atoms with E-state index in [0.717, 1.165) is 22.7 Å². The van der Waals surface area contributed by atoms with E-state index in [2.05, 4.69) is 17.4 Å². The van der Waals surface area contributed by atoms with Gasteiger partial charge in [0, 0.05) is 5.56 Å². The molecule has 4 aliphatic carbocycles. The molecule has 8 nitrogen and oxygen atoms in total. The third kappa shape index (κ3) is 4.20. The summed E-state index contributed by atoms with van der Waals surface area (Å²) in [5, 5.41) is 2.27. The Labute approximate surface area is 214 Å². The van der Waals surface area contributed by atoms with Crippen LogP contribution >= 0.6 is 0 Å². The number of para-hydroxylation sites is 1. The van der Waals surface area contributed by atoms with Crippen molar-refractivity contribution in [1.29, 1.82) is 0 Å². The highest BCUT2D eigenvalue weighted by atomic mass is 16.5. The number of barbiturate groups is 1. The SMILES string of the molecule is NC(=O)COc1ccccc1/C=C1\C(=O)NC(=O)N(c2ccc(C34CC5CC(CC(C5)C3)C4)cc2)C1=O. The number of carbonyl (C=O) groups is 4. The molecule has 0 spiro atoms. The molecule has 0 unspecified atom stereocenters. The molecule has 0 atom stereocenters. The van der Waals surface area contributed by atoms with Gasteiger partial charge in [0.1, 0.15) is 11.3 Å². The first-order valence-electron chi connectivity index (χ1n) is 12.8. The number of hydrogen-bond donors (Lipinski definition) is 2. The fourth-order valence-electron chi connectivity index (χ4n) is 7.36. The molecular formula is C29H29N3O5. The van der Waals surface area contributed by atoms with Gasteiger partial charge in [-0.25, -0.2) is 9.69 Å². The molecule has 8 heteroatoms. The van der Waals surface area contributed by atoms with E-state index in [1.807, 2.05) is 12.1 Å². The van der Waals surface area contributed by atoms with Crippen LogP contribution in [0, 0.1) is 17.8 Å². The minimum Gasteiger partial charge on any atom is -0.483 e. The lowest BCUT2D eigenvalue weighted by atomic mass is 9.48. The summed E-state index contributed by atoms with van der Waals surface area (Å²) in [4.78, 5) is 50.9. The van der Waals surface area contributed by atoms with E-state index in [4.69, 9.17) is 10.5 Å². The van der Waals surface area contributed by atoms with E-state index in [1.165, 1.54) is 50.2 Å². The molecule has 37 heavy (non-hydrogen) atoms. The number of imide groups is 2. The normalized spacial score (nSPS) is 29.5. The van der Waals surface area contributed by atoms with Gasteiger partial charge >= 0.3 is 6.03 Å². The number of nitrogens with two attached hydrogens (primary N) is 1. The predicted molar refractivity (Wildman–Crippen MR) is 136 cm³/mol. The van der Waals surface area contributed by atoms with Crippen LogP contribution in [0.1, 0.15) is 49.7 Å². The van der Waals surface area contributed by atoms with Crippen molar-refractivity contribution < 1.29 is 23.9 Å². The van der Waals surface area contributed by atoms with E-state index >= 15 is 0 Å². The fraction of sp³-hybridized carbons (Fsp3) is 0.379. The standard InChI is InChI=1S/C29H29N3O5/c30-25(33)16-37-24-4-2-1-3-20(24)12-23-26(34)31-28(36)32(27(23)35)22-7-5-21(6-8-22)29-13-17-9-18(14-29)11-19(10-17)15-29/h1-8,12,17-19H,9-11,13-16H2,(H2,30,33)(H,31,34,36)/b23-12+. The van der Waals surface area contributed by atoms with E-state index in [0.29, 0.717) is 11.3 Å². The highest BCUT2D eigenvalue weighted by Crippen LogP contribution is 2.60. The van der Waals surface area contributed by atoms with Crippen LogP contribution in [0.2, 0.25) is 0 Å². The maximum atomic E-state index is 13.4. The molecule has 3 N–H and O–H groups in total. The number of nitrogens with zero attached hydrogens (tertiary/aromatic N) is 1. The smallest absolute Gasteiger partial charge is 0.335 e. The van der Waals surface area contributed by atoms with Crippen molar-refractivity contribution in [2.75, 3.05) is 11.5 Å². The van der Waals surface area contributed by atoms with Gasteiger partial charge in [0.2, 0.25) is 0 Å². The first-order valence-corrected chi connectivity index (χ1v) is 12.8. The largest absolute Gasteiger partial charge is 0.483 e. The summed E-state index contributed by atoms with van der Waals surface area (Å²) in [6.45, 7) is -0.346. The fourth-order valence-corrected chi connectivity index (χ4v) is 7.36. The van der Waals surface area contributed by atoms with Crippen molar-refractivity contribution >= 4 is 35.5 Å². The summed E-state index contributed by atoms with van der Waals surface area (Å²) in [5.41, 5.74) is 7.27. The summed E-state index contributed by atoms with van der Waals surface area (Å²) in [6, 6.07) is 13.6. The molecule has 1 saturated heterocycles. The molecule has 4 bridgehead atoms. The number of benzene rings is 2. The number of hydrogen-bond acceptors (Lipinski definition) is 5. The molecular weight excluding hydrogens is 470 g/mol. The van der Waals surface area contributed by atoms with Gasteiger partial charge in [-0.3, -0.25) is 19.7 Å². The van der Waals surface area contributed by atoms with E-state index in [-0.39, 0.29) is 23.3 Å². The van der Waals surface area contributed by atoms with Crippen molar-refractivity contribution in [2.45, 2.75) is 43.9 Å². The van der Waals surface area contributed by atoms with Crippen molar-refractivity contribution in [1.82, 2.24) is 5.32 Å². The predicted octanol–water partition coefficient (Wildman–Crippen LogP) is 3.68. The number of ether oxygens (including phenoxy) is 1. The molecule has 0 aromatic heterocycles. The van der Waals surface area contributed by atoms with Crippen LogP contribution in [0.4, 0.5) is 10.5 Å². The maximum Gasteiger partial charge on any atom is 0.335 e. The number of amides is 5. The van der Waals surface area contributed by atoms with Crippen LogP contribution in [0.3, 0.4) is 0 Å². The Kier molecular flexibility index (Phi) is 5.62. The zero-order chi connectivity index (χ0) is 25.7. The Morgan fingerprint density at radius 3 is 2.22 bits per heavy atom. The Morgan fingerprint density at radius 1 is 0.973 bits per heavy atom. The van der Waals surface area contributed by atoms with Crippen molar-refractivity contribution in [3.8, 4) is 5.75 Å². The quantitative estimate of drug-likeness (QED) is 0.464. The Bertz CT molecular complexity index is 1290. The van der Waals surface area contributed by atoms with Crippen LogP contribution in [0.25, 0.3) is 6.08 Å². The third-order valence-corrected chi connectivity index (χ3v) is 8.47. The van der Waals surface area contributed by atoms with Crippen LogP contribution < -0.4 is 20.7 Å². The molecule has 4 saturated carbocycles. The lowest BCUT2D eigenvalue weighted by molar-refractivity contribution is -0.123. The number of nitrogens with one attached hydrogen (secondary N) is 1. The summed E-state index contributed by atoms with van der Waals surface area (Å²) in [6.07, 6.45) is 9.11. The van der Waals surface area contributed by atoms with Gasteiger partial charge in [-0.05, 0) is 91.5 Å². The van der Waals surface area contributed by atoms with Crippen LogP contribution in [-0.4, -0.2) is 30.4 Å². The second-order valence-corrected chi connectivity index (χ2v) is 11.0. The van der Waals surface area contributed by atoms with E-state index in [1.54, 1.807) is 24.3 Å². The minimum atomic E-state index is -0.791. The van der Waals surface area contributed by atoms with Gasteiger partial charge < -0.3 is 10.5 Å². The van der Waals surface area contributed by atoms with Gasteiger partial charge in [-0.2, -0.15) is 0 Å². The molecule has 5 amide bonds. The minimum absolute atomic E-state index is 0.205. The van der Waals surface area contributed by atoms with Gasteiger partial charge in [-0.1, -0.05) is 30.3 Å². The molecule has 190 valence electrons. The van der Waals surface area contributed by atoms with Gasteiger partial charge in [0.05, 0.1) is 5.69 Å². The second-order valence-electron chi connectivity index (χ2n) is 11.0. The molecule has 2 aromatic rings. The van der Waals surface area contributed by atoms with Crippen molar-refractivity contribution in [2.24, 2.45) is 23.5 Å². The van der Waals surface area contributed by atoms with Gasteiger partial charge in [-0.15, -0.1) is 0 Å². The first-order chi connectivity index (χ1) is 17.8. The number of carbonyl (C=O) groups excluding carboxylic acids is 4. The van der Waals surface area contributed by atoms with Gasteiger partial charge in [0.15, 0.2) is 6.61 Å². The average molecular weight is 500 g/mol. The number of anilines is 1. The highest BCUT2D eigenvalue weighted by Gasteiger charge is 2.51. The Hall–Kier alpha value is -3.94. The van der Waals surface area contributed by atoms with Crippen LogP contribution in [-0.2, 0) is 19.8 Å². The van der Waals surface area contributed by atoms with Crippen LogP contribution in [0.5, 0.6) is 5.75 Å². The van der Waals surface area contributed by atoms with E-state index < -0.39 is 23.8 Å². The maximum absolute atomic E-state index is 13.4. The number of primary amides is 1. The molecule has 2 aromatic carbocycles. The monoisotopic (exact) mass is 499 g/mol. The van der Waals surface area contributed by atoms with Gasteiger partial charge in [0.25, 0.3) is 17.7 Å². The Morgan fingerprint density at radius 2 is 1.59 bits per heavy atom. The summed E-state index contributed by atoms with van der Waals surface area (Å²) in [5.74, 6) is 0.569. The summed E-state index contributed by atoms with van der Waals surface area (Å²) in [7, 11) is 0. The molecule has 5 fully saturated rings. The van der Waals surface area contributed by atoms with Crippen molar-refractivity contribution in [3.63, 3.8) is 0 Å². The van der Waals surface area contributed by atoms with Crippen molar-refractivity contribution in [3.05, 3.63) is 65.2 Å². The zero-order valence-corrected chi connectivity index (χ0v) is 20.4. The van der Waals surface area contributed by atoms with E-state index in [9.17, 15) is 19.2 Å². The highest BCUT2D eigenvalue weighted by molar-refractivity contribution is 6.39. The lowest BCUT2D eigenvalue weighted by Gasteiger charge is -2.57. The topological polar surface area (TPSA) is 119 Å². The zero-order valence-electron chi connectivity index (χ0n) is 20.4. The molecule has 1 aliphatic heterocycles. The lowest BCUT2D eigenvalue weighted by Crippen LogP contribution is -2.54. The van der Waals surface area contributed by atoms with Crippen LogP contribution in [0.15, 0.2) is 54.1 Å². The number of urea groups is 1. The number of rotatable bonds is 6. The molecule has 0 radical (unpaired) electrons. The molecule has 1 heterocycles. The summed E-state index contributed by atoms with van der Waals surface area (Å²) >= 11 is 0. The second kappa shape index (κ2) is 8.87. The summed E-state index contributed by atoms with van der Waals surface area (Å²) < 4.78 is 5.41.